The zero-order valence-electron chi connectivity index (χ0n) is 11.2. The van der Waals surface area contributed by atoms with E-state index in [2.05, 4.69) is 14.7 Å². The molecule has 0 aliphatic heterocycles. The Morgan fingerprint density at radius 3 is 2.60 bits per heavy atom. The third-order valence-corrected chi connectivity index (χ3v) is 2.61. The highest BCUT2D eigenvalue weighted by molar-refractivity contribution is 5.89. The second kappa shape index (κ2) is 6.51. The lowest BCUT2D eigenvalue weighted by molar-refractivity contribution is 0.0600. The molecule has 0 saturated carbocycles. The van der Waals surface area contributed by atoms with Crippen LogP contribution < -0.4 is 9.47 Å². The van der Waals surface area contributed by atoms with Crippen molar-refractivity contribution >= 4 is 5.97 Å². The van der Waals surface area contributed by atoms with Crippen molar-refractivity contribution in [2.45, 2.75) is 6.61 Å². The Hall–Kier alpha value is -2.63. The van der Waals surface area contributed by atoms with Crippen molar-refractivity contribution in [2.75, 3.05) is 14.2 Å². The molecule has 104 valence electrons. The summed E-state index contributed by atoms with van der Waals surface area (Å²) >= 11 is 0. The van der Waals surface area contributed by atoms with Crippen LogP contribution >= 0.6 is 0 Å². The molecule has 2 rings (SSSR count). The van der Waals surface area contributed by atoms with E-state index in [1.807, 2.05) is 0 Å². The predicted molar refractivity (Wildman–Crippen MR) is 70.7 cm³/mol. The average molecular weight is 274 g/mol. The lowest BCUT2D eigenvalue weighted by Gasteiger charge is -2.10. The maximum Gasteiger partial charge on any atom is 0.337 e. The first-order chi connectivity index (χ1) is 9.74. The minimum absolute atomic E-state index is 0.245. The largest absolute Gasteiger partial charge is 0.496 e. The zero-order valence-corrected chi connectivity index (χ0v) is 11.2. The Labute approximate surface area is 116 Å². The van der Waals surface area contributed by atoms with Crippen molar-refractivity contribution in [2.24, 2.45) is 0 Å². The van der Waals surface area contributed by atoms with Crippen LogP contribution in [0.2, 0.25) is 0 Å². The third-order valence-electron chi connectivity index (χ3n) is 2.61. The van der Waals surface area contributed by atoms with Crippen LogP contribution in [0, 0.1) is 0 Å². The van der Waals surface area contributed by atoms with Crippen molar-refractivity contribution < 1.29 is 19.0 Å². The van der Waals surface area contributed by atoms with Crippen LogP contribution in [0.4, 0.5) is 0 Å². The van der Waals surface area contributed by atoms with Gasteiger partial charge in [0, 0.05) is 18.0 Å². The highest BCUT2D eigenvalue weighted by Gasteiger charge is 2.11. The minimum atomic E-state index is -0.415. The molecule has 0 N–H and O–H groups in total. The Morgan fingerprint density at radius 2 is 1.95 bits per heavy atom. The molecule has 0 fully saturated rings. The minimum Gasteiger partial charge on any atom is -0.496 e. The van der Waals surface area contributed by atoms with Gasteiger partial charge in [-0.2, -0.15) is 0 Å². The number of carbonyl (C=O) groups is 1. The van der Waals surface area contributed by atoms with Crippen molar-refractivity contribution in [3.8, 4) is 11.8 Å². The predicted octanol–water partition coefficient (Wildman–Crippen LogP) is 1.85. The van der Waals surface area contributed by atoms with Crippen molar-refractivity contribution in [3.63, 3.8) is 0 Å². The molecule has 6 nitrogen and oxygen atoms in total. The van der Waals surface area contributed by atoms with Gasteiger partial charge in [0.25, 0.3) is 0 Å². The first kappa shape index (κ1) is 13.8. The molecule has 0 aliphatic rings. The van der Waals surface area contributed by atoms with Crippen LogP contribution in [0.25, 0.3) is 0 Å². The van der Waals surface area contributed by atoms with Gasteiger partial charge in [0.15, 0.2) is 0 Å². The van der Waals surface area contributed by atoms with E-state index in [0.29, 0.717) is 11.3 Å². The summed E-state index contributed by atoms with van der Waals surface area (Å²) in [6.07, 6.45) is 3.19. The average Bonchev–Trinajstić information content (AvgIpc) is 2.53. The van der Waals surface area contributed by atoms with Gasteiger partial charge < -0.3 is 14.2 Å². The Balaban J connectivity index is 2.13. The molecule has 0 radical (unpaired) electrons. The maximum absolute atomic E-state index is 11.4. The van der Waals surface area contributed by atoms with Crippen LogP contribution in [0.1, 0.15) is 15.9 Å². The van der Waals surface area contributed by atoms with E-state index in [9.17, 15) is 4.79 Å². The summed E-state index contributed by atoms with van der Waals surface area (Å²) in [5.74, 6) is 0.131. The number of hydrogen-bond donors (Lipinski definition) is 0. The van der Waals surface area contributed by atoms with Gasteiger partial charge in [-0.15, -0.1) is 0 Å². The molecule has 1 aromatic carbocycles. The number of esters is 1. The van der Waals surface area contributed by atoms with Gasteiger partial charge in [0.1, 0.15) is 12.4 Å². The smallest absolute Gasteiger partial charge is 0.337 e. The normalized spacial score (nSPS) is 9.90. The number of carbonyl (C=O) groups excluding carboxylic acids is 1. The summed E-state index contributed by atoms with van der Waals surface area (Å²) in [5.41, 5.74) is 1.21. The summed E-state index contributed by atoms with van der Waals surface area (Å²) in [6, 6.07) is 6.99. The van der Waals surface area contributed by atoms with Gasteiger partial charge in [0.05, 0.1) is 19.8 Å². The molecule has 0 spiro atoms. The lowest BCUT2D eigenvalue weighted by Crippen LogP contribution is -2.05. The Bertz CT molecular complexity index is 587. The molecule has 6 heteroatoms. The van der Waals surface area contributed by atoms with E-state index in [4.69, 9.17) is 9.47 Å². The lowest BCUT2D eigenvalue weighted by atomic mass is 10.1. The highest BCUT2D eigenvalue weighted by atomic mass is 16.5. The first-order valence-corrected chi connectivity index (χ1v) is 5.89. The van der Waals surface area contributed by atoms with E-state index < -0.39 is 5.97 Å². The van der Waals surface area contributed by atoms with E-state index in [1.54, 1.807) is 36.7 Å². The molecule has 0 atom stereocenters. The maximum atomic E-state index is 11.4. The number of methoxy groups -OCH3 is 2. The first-order valence-electron chi connectivity index (χ1n) is 5.89. The molecule has 0 aliphatic carbocycles. The van der Waals surface area contributed by atoms with Crippen molar-refractivity contribution in [3.05, 3.63) is 47.8 Å². The molecule has 2 aromatic rings. The van der Waals surface area contributed by atoms with Gasteiger partial charge in [-0.3, -0.25) is 0 Å². The van der Waals surface area contributed by atoms with Gasteiger partial charge >= 0.3 is 12.0 Å². The van der Waals surface area contributed by atoms with E-state index in [-0.39, 0.29) is 12.6 Å². The number of ether oxygens (including phenoxy) is 3. The number of aromatic nitrogens is 2. The van der Waals surface area contributed by atoms with Crippen LogP contribution in [0.3, 0.4) is 0 Å². The number of hydrogen-bond acceptors (Lipinski definition) is 6. The molecular weight excluding hydrogens is 260 g/mol. The summed E-state index contributed by atoms with van der Waals surface area (Å²) in [4.78, 5) is 19.4. The summed E-state index contributed by atoms with van der Waals surface area (Å²) in [6.45, 7) is 0.245. The molecule has 0 unspecified atom stereocenters. The fourth-order valence-electron chi connectivity index (χ4n) is 1.61. The molecule has 0 bridgehead atoms. The Morgan fingerprint density at radius 1 is 1.20 bits per heavy atom. The zero-order chi connectivity index (χ0) is 14.4. The monoisotopic (exact) mass is 274 g/mol. The summed E-state index contributed by atoms with van der Waals surface area (Å²) < 4.78 is 15.3. The molecule has 0 amide bonds. The van der Waals surface area contributed by atoms with Crippen LogP contribution in [0.15, 0.2) is 36.7 Å². The number of rotatable bonds is 5. The van der Waals surface area contributed by atoms with Crippen LogP contribution in [0.5, 0.6) is 11.8 Å². The standard InChI is InChI=1S/C14H14N2O4/c1-18-12-8-10(13(17)19-2)4-5-11(12)9-20-14-15-6-3-7-16-14/h3-8H,9H2,1-2H3. The fraction of sp³-hybridized carbons (Fsp3) is 0.214. The third kappa shape index (κ3) is 3.23. The molecular formula is C14H14N2O4. The molecule has 20 heavy (non-hydrogen) atoms. The van der Waals surface area contributed by atoms with Gasteiger partial charge in [-0.1, -0.05) is 6.07 Å². The van der Waals surface area contributed by atoms with E-state index in [0.717, 1.165) is 5.56 Å². The molecule has 1 heterocycles. The quantitative estimate of drug-likeness (QED) is 0.775. The SMILES string of the molecule is COC(=O)c1ccc(COc2ncccn2)c(OC)c1. The second-order valence-electron chi connectivity index (χ2n) is 3.84. The van der Waals surface area contributed by atoms with Crippen LogP contribution in [-0.4, -0.2) is 30.2 Å². The number of nitrogens with zero attached hydrogens (tertiary/aromatic N) is 2. The molecule has 0 saturated heterocycles. The second-order valence-corrected chi connectivity index (χ2v) is 3.84. The summed E-state index contributed by atoms with van der Waals surface area (Å²) in [7, 11) is 2.86. The fourth-order valence-corrected chi connectivity index (χ4v) is 1.61. The summed E-state index contributed by atoms with van der Waals surface area (Å²) in [5, 5.41) is 0. The number of benzene rings is 1. The van der Waals surface area contributed by atoms with Crippen molar-refractivity contribution in [1.29, 1.82) is 0 Å². The van der Waals surface area contributed by atoms with Crippen molar-refractivity contribution in [1.82, 2.24) is 9.97 Å². The Kier molecular flexibility index (Phi) is 4.49. The topological polar surface area (TPSA) is 70.5 Å². The van der Waals surface area contributed by atoms with Gasteiger partial charge in [-0.05, 0) is 18.2 Å². The molecule has 1 aromatic heterocycles. The van der Waals surface area contributed by atoms with E-state index in [1.165, 1.54) is 14.2 Å². The van der Waals surface area contributed by atoms with Gasteiger partial charge in [-0.25, -0.2) is 14.8 Å². The van der Waals surface area contributed by atoms with Gasteiger partial charge in [0.2, 0.25) is 0 Å². The highest BCUT2D eigenvalue weighted by Crippen LogP contribution is 2.21. The van der Waals surface area contributed by atoms with E-state index >= 15 is 0 Å². The van der Waals surface area contributed by atoms with Crippen LogP contribution in [-0.2, 0) is 11.3 Å².